The molecule has 0 N–H and O–H groups in total. The second kappa shape index (κ2) is 9.59. The molecular formula is C23H20Cl2N2O2. The number of methoxy groups -OCH3 is 1. The molecule has 0 aliphatic carbocycles. The highest BCUT2D eigenvalue weighted by atomic mass is 35.5. The van der Waals surface area contributed by atoms with Crippen LogP contribution in [0.3, 0.4) is 0 Å². The SMILES string of the molecule is COC(=O)/C=C/c1c(Cl)nc(C)n1Cc1ccc(/C=C/c2ccccc2)cc1Cl. The number of rotatable bonds is 6. The van der Waals surface area contributed by atoms with Crippen molar-refractivity contribution in [3.05, 3.63) is 93.0 Å². The lowest BCUT2D eigenvalue weighted by Crippen LogP contribution is -2.05. The standard InChI is InChI=1S/C23H20Cl2N2O2/c1-16-26-23(25)21(12-13-22(28)29-2)27(16)15-19-11-10-18(14-20(19)24)9-8-17-6-4-3-5-7-17/h3-14H,15H2,1-2H3/b9-8+,13-12+. The molecule has 2 aromatic carbocycles. The Hall–Kier alpha value is -2.82. The van der Waals surface area contributed by atoms with E-state index in [1.807, 2.05) is 72.2 Å². The summed E-state index contributed by atoms with van der Waals surface area (Å²) in [6.45, 7) is 2.33. The molecule has 3 aromatic rings. The van der Waals surface area contributed by atoms with Crippen LogP contribution in [0.5, 0.6) is 0 Å². The summed E-state index contributed by atoms with van der Waals surface area (Å²) < 4.78 is 6.54. The summed E-state index contributed by atoms with van der Waals surface area (Å²) >= 11 is 12.8. The highest BCUT2D eigenvalue weighted by molar-refractivity contribution is 6.31. The van der Waals surface area contributed by atoms with Gasteiger partial charge in [0.25, 0.3) is 0 Å². The van der Waals surface area contributed by atoms with Crippen molar-refractivity contribution in [1.82, 2.24) is 9.55 Å². The number of benzene rings is 2. The van der Waals surface area contributed by atoms with Gasteiger partial charge in [0.15, 0.2) is 5.15 Å². The van der Waals surface area contributed by atoms with E-state index in [0.29, 0.717) is 22.4 Å². The minimum absolute atomic E-state index is 0.321. The van der Waals surface area contributed by atoms with Crippen LogP contribution in [-0.4, -0.2) is 22.6 Å². The van der Waals surface area contributed by atoms with Crippen molar-refractivity contribution in [2.24, 2.45) is 0 Å². The predicted octanol–water partition coefficient (Wildman–Crippen LogP) is 5.90. The fraction of sp³-hybridized carbons (Fsp3) is 0.130. The molecule has 0 aliphatic heterocycles. The number of hydrogen-bond acceptors (Lipinski definition) is 3. The van der Waals surface area contributed by atoms with E-state index in [0.717, 1.165) is 22.5 Å². The molecule has 0 amide bonds. The van der Waals surface area contributed by atoms with Crippen molar-refractivity contribution in [2.75, 3.05) is 7.11 Å². The maximum atomic E-state index is 11.4. The molecule has 0 aliphatic rings. The molecule has 0 radical (unpaired) electrons. The summed E-state index contributed by atoms with van der Waals surface area (Å²) in [5, 5.41) is 0.966. The molecule has 0 unspecified atom stereocenters. The molecule has 0 spiro atoms. The fourth-order valence-electron chi connectivity index (χ4n) is 2.84. The van der Waals surface area contributed by atoms with E-state index >= 15 is 0 Å². The summed E-state index contributed by atoms with van der Waals surface area (Å²) in [6, 6.07) is 16.0. The third-order valence-corrected chi connectivity index (χ3v) is 5.03. The van der Waals surface area contributed by atoms with E-state index in [1.54, 1.807) is 6.08 Å². The minimum atomic E-state index is -0.459. The number of esters is 1. The Morgan fingerprint density at radius 2 is 1.79 bits per heavy atom. The molecule has 29 heavy (non-hydrogen) atoms. The lowest BCUT2D eigenvalue weighted by molar-refractivity contribution is -0.134. The zero-order valence-electron chi connectivity index (χ0n) is 16.1. The molecule has 0 bridgehead atoms. The van der Waals surface area contributed by atoms with Crippen molar-refractivity contribution in [3.8, 4) is 0 Å². The fourth-order valence-corrected chi connectivity index (χ4v) is 3.38. The normalized spacial score (nSPS) is 11.4. The predicted molar refractivity (Wildman–Crippen MR) is 119 cm³/mol. The second-order valence-corrected chi connectivity index (χ2v) is 7.14. The Labute approximate surface area is 180 Å². The quantitative estimate of drug-likeness (QED) is 0.279. The second-order valence-electron chi connectivity index (χ2n) is 6.37. The first kappa shape index (κ1) is 20.9. The van der Waals surface area contributed by atoms with Gasteiger partial charge in [0.1, 0.15) is 5.82 Å². The van der Waals surface area contributed by atoms with Crippen LogP contribution in [0.2, 0.25) is 10.2 Å². The maximum Gasteiger partial charge on any atom is 0.330 e. The van der Waals surface area contributed by atoms with Crippen molar-refractivity contribution in [3.63, 3.8) is 0 Å². The highest BCUT2D eigenvalue weighted by Gasteiger charge is 2.13. The molecule has 0 fully saturated rings. The first-order chi connectivity index (χ1) is 14.0. The van der Waals surface area contributed by atoms with Crippen molar-refractivity contribution in [1.29, 1.82) is 0 Å². The van der Waals surface area contributed by atoms with Crippen LogP contribution in [-0.2, 0) is 16.1 Å². The van der Waals surface area contributed by atoms with Gasteiger partial charge >= 0.3 is 5.97 Å². The van der Waals surface area contributed by atoms with Gasteiger partial charge in [0, 0.05) is 11.1 Å². The third-order valence-electron chi connectivity index (χ3n) is 4.40. The lowest BCUT2D eigenvalue weighted by Gasteiger charge is -2.11. The zero-order valence-corrected chi connectivity index (χ0v) is 17.6. The number of imidazole rings is 1. The third kappa shape index (κ3) is 5.37. The van der Waals surface area contributed by atoms with E-state index in [4.69, 9.17) is 23.2 Å². The van der Waals surface area contributed by atoms with E-state index in [9.17, 15) is 4.79 Å². The van der Waals surface area contributed by atoms with Gasteiger partial charge < -0.3 is 9.30 Å². The molecule has 0 saturated heterocycles. The number of aromatic nitrogens is 2. The molecule has 6 heteroatoms. The van der Waals surface area contributed by atoms with Crippen molar-refractivity contribution >= 4 is 47.4 Å². The average Bonchev–Trinajstić information content (AvgIpc) is 2.99. The summed E-state index contributed by atoms with van der Waals surface area (Å²) in [5.74, 6) is 0.266. The zero-order chi connectivity index (χ0) is 20.8. The lowest BCUT2D eigenvalue weighted by atomic mass is 10.1. The molecule has 4 nitrogen and oxygen atoms in total. The molecule has 0 saturated carbocycles. The number of carbonyl (C=O) groups excluding carboxylic acids is 1. The van der Waals surface area contributed by atoms with Gasteiger partial charge in [-0.05, 0) is 35.8 Å². The molecule has 0 atom stereocenters. The van der Waals surface area contributed by atoms with Crippen LogP contribution in [0.15, 0.2) is 54.6 Å². The van der Waals surface area contributed by atoms with Gasteiger partial charge in [-0.2, -0.15) is 0 Å². The van der Waals surface area contributed by atoms with Gasteiger partial charge in [0.2, 0.25) is 0 Å². The minimum Gasteiger partial charge on any atom is -0.466 e. The average molecular weight is 427 g/mol. The van der Waals surface area contributed by atoms with Crippen molar-refractivity contribution in [2.45, 2.75) is 13.5 Å². The van der Waals surface area contributed by atoms with Crippen LogP contribution in [0.4, 0.5) is 0 Å². The Balaban J connectivity index is 1.83. The number of ether oxygens (including phenoxy) is 1. The number of carbonyl (C=O) groups is 1. The Morgan fingerprint density at radius 1 is 1.07 bits per heavy atom. The summed E-state index contributed by atoms with van der Waals surface area (Å²) in [7, 11) is 1.32. The molecule has 1 heterocycles. The van der Waals surface area contributed by atoms with Gasteiger partial charge in [-0.25, -0.2) is 9.78 Å². The van der Waals surface area contributed by atoms with E-state index in [2.05, 4.69) is 9.72 Å². The summed E-state index contributed by atoms with van der Waals surface area (Å²) in [6.07, 6.45) is 6.98. The van der Waals surface area contributed by atoms with Gasteiger partial charge in [-0.15, -0.1) is 0 Å². The first-order valence-electron chi connectivity index (χ1n) is 8.98. The topological polar surface area (TPSA) is 44.1 Å². The van der Waals surface area contributed by atoms with Gasteiger partial charge in [-0.1, -0.05) is 77.8 Å². The number of hydrogen-bond donors (Lipinski definition) is 0. The van der Waals surface area contributed by atoms with E-state index < -0.39 is 5.97 Å². The summed E-state index contributed by atoms with van der Waals surface area (Å²) in [5.41, 5.74) is 3.68. The number of aryl methyl sites for hydroxylation is 1. The highest BCUT2D eigenvalue weighted by Crippen LogP contribution is 2.25. The maximum absolute atomic E-state index is 11.4. The van der Waals surface area contributed by atoms with E-state index in [-0.39, 0.29) is 0 Å². The molecular weight excluding hydrogens is 407 g/mol. The Morgan fingerprint density at radius 3 is 2.48 bits per heavy atom. The van der Waals surface area contributed by atoms with Crippen LogP contribution in [0, 0.1) is 6.92 Å². The van der Waals surface area contributed by atoms with Crippen LogP contribution in [0.25, 0.3) is 18.2 Å². The molecule has 3 rings (SSSR count). The molecule has 148 valence electrons. The van der Waals surface area contributed by atoms with Gasteiger partial charge in [0.05, 0.1) is 19.3 Å². The molecule has 1 aromatic heterocycles. The first-order valence-corrected chi connectivity index (χ1v) is 9.73. The summed E-state index contributed by atoms with van der Waals surface area (Å²) in [4.78, 5) is 15.7. The Bertz CT molecular complexity index is 1070. The van der Waals surface area contributed by atoms with Crippen LogP contribution < -0.4 is 0 Å². The number of halogens is 2. The largest absolute Gasteiger partial charge is 0.466 e. The Kier molecular flexibility index (Phi) is 6.91. The van der Waals surface area contributed by atoms with E-state index in [1.165, 1.54) is 13.2 Å². The van der Waals surface area contributed by atoms with Gasteiger partial charge in [-0.3, -0.25) is 0 Å². The smallest absolute Gasteiger partial charge is 0.330 e. The van der Waals surface area contributed by atoms with Crippen LogP contribution >= 0.6 is 23.2 Å². The van der Waals surface area contributed by atoms with Crippen LogP contribution in [0.1, 0.15) is 28.2 Å². The number of nitrogens with zero attached hydrogens (tertiary/aromatic N) is 2. The van der Waals surface area contributed by atoms with Crippen molar-refractivity contribution < 1.29 is 9.53 Å². The monoisotopic (exact) mass is 426 g/mol.